The molecule has 0 radical (unpaired) electrons. The van der Waals surface area contributed by atoms with Crippen LogP contribution in [0, 0.1) is 0 Å². The summed E-state index contributed by atoms with van der Waals surface area (Å²) in [5, 5.41) is 6.22. The van der Waals surface area contributed by atoms with E-state index in [2.05, 4.69) is 10.6 Å². The number of hydrogen-bond acceptors (Lipinski definition) is 4. The Balaban J connectivity index is 2.42. The van der Waals surface area contributed by atoms with Gasteiger partial charge >= 0.3 is 6.09 Å². The Labute approximate surface area is 134 Å². The van der Waals surface area contributed by atoms with E-state index in [1.807, 2.05) is 41.5 Å². The average Bonchev–Trinajstić information content (AvgIpc) is 2.70. The Kier molecular flexibility index (Phi) is 6.23. The lowest BCUT2D eigenvalue weighted by atomic mass is 10.1. The minimum Gasteiger partial charge on any atom is -0.444 e. The summed E-state index contributed by atoms with van der Waals surface area (Å²) in [5.41, 5.74) is -0.798. The fourth-order valence-corrected chi connectivity index (χ4v) is 2.32. The van der Waals surface area contributed by atoms with Crippen LogP contribution in [-0.2, 0) is 9.53 Å². The van der Waals surface area contributed by atoms with Crippen molar-refractivity contribution < 1.29 is 14.3 Å². The average molecular weight is 313 g/mol. The molecule has 0 aromatic heterocycles. The first kappa shape index (κ1) is 18.7. The molecule has 0 aromatic carbocycles. The highest BCUT2D eigenvalue weighted by Gasteiger charge is 2.30. The van der Waals surface area contributed by atoms with Crippen molar-refractivity contribution in [2.24, 2.45) is 0 Å². The van der Waals surface area contributed by atoms with Crippen LogP contribution < -0.4 is 10.6 Å². The monoisotopic (exact) mass is 313 g/mol. The SMILES string of the molecule is CC(C)(C)OC(=O)N(CCNCC1CCC(=O)N1)C(C)(C)C. The summed E-state index contributed by atoms with van der Waals surface area (Å²) < 4.78 is 5.47. The van der Waals surface area contributed by atoms with Crippen LogP contribution in [0.15, 0.2) is 0 Å². The lowest BCUT2D eigenvalue weighted by Crippen LogP contribution is -2.50. The van der Waals surface area contributed by atoms with E-state index in [1.54, 1.807) is 4.90 Å². The molecule has 0 spiro atoms. The fraction of sp³-hybridized carbons (Fsp3) is 0.875. The standard InChI is InChI=1S/C16H31N3O3/c1-15(2,3)19(14(21)22-16(4,5)6)10-9-17-11-12-7-8-13(20)18-12/h12,17H,7-11H2,1-6H3,(H,18,20). The third-order valence-corrected chi connectivity index (χ3v) is 3.41. The number of rotatable bonds is 5. The van der Waals surface area contributed by atoms with Crippen LogP contribution in [0.2, 0.25) is 0 Å². The smallest absolute Gasteiger partial charge is 0.410 e. The van der Waals surface area contributed by atoms with Crippen LogP contribution in [0.1, 0.15) is 54.4 Å². The third-order valence-electron chi connectivity index (χ3n) is 3.41. The minimum absolute atomic E-state index is 0.122. The van der Waals surface area contributed by atoms with Gasteiger partial charge in [-0.3, -0.25) is 4.79 Å². The molecule has 22 heavy (non-hydrogen) atoms. The molecule has 1 rings (SSSR count). The molecule has 1 atom stereocenters. The van der Waals surface area contributed by atoms with Gasteiger partial charge in [-0.2, -0.15) is 0 Å². The van der Waals surface area contributed by atoms with E-state index in [9.17, 15) is 9.59 Å². The van der Waals surface area contributed by atoms with Crippen LogP contribution >= 0.6 is 0 Å². The topological polar surface area (TPSA) is 70.7 Å². The van der Waals surface area contributed by atoms with Crippen molar-refractivity contribution in [2.45, 2.75) is 71.6 Å². The first-order valence-electron chi connectivity index (χ1n) is 8.00. The predicted octanol–water partition coefficient (Wildman–Crippen LogP) is 1.89. The van der Waals surface area contributed by atoms with Gasteiger partial charge in [0.25, 0.3) is 0 Å². The van der Waals surface area contributed by atoms with Crippen LogP contribution in [0.5, 0.6) is 0 Å². The van der Waals surface area contributed by atoms with Crippen molar-refractivity contribution >= 4 is 12.0 Å². The second-order valence-corrected chi connectivity index (χ2v) is 7.81. The molecule has 0 aliphatic carbocycles. The number of ether oxygens (including phenoxy) is 1. The number of amides is 2. The second kappa shape index (κ2) is 7.31. The molecule has 2 N–H and O–H groups in total. The fourth-order valence-electron chi connectivity index (χ4n) is 2.32. The maximum absolute atomic E-state index is 12.3. The summed E-state index contributed by atoms with van der Waals surface area (Å²) in [5.74, 6) is 0.122. The highest BCUT2D eigenvalue weighted by Crippen LogP contribution is 2.18. The summed E-state index contributed by atoms with van der Waals surface area (Å²) in [6, 6.07) is 0.206. The second-order valence-electron chi connectivity index (χ2n) is 7.81. The van der Waals surface area contributed by atoms with E-state index in [4.69, 9.17) is 4.74 Å². The predicted molar refractivity (Wildman–Crippen MR) is 86.7 cm³/mol. The van der Waals surface area contributed by atoms with Gasteiger partial charge < -0.3 is 20.3 Å². The van der Waals surface area contributed by atoms with E-state index in [1.165, 1.54) is 0 Å². The molecule has 6 nitrogen and oxygen atoms in total. The Hall–Kier alpha value is -1.30. The van der Waals surface area contributed by atoms with Crippen LogP contribution in [0.25, 0.3) is 0 Å². The summed E-state index contributed by atoms with van der Waals surface area (Å²) in [7, 11) is 0. The molecule has 0 saturated carbocycles. The molecule has 1 heterocycles. The Bertz CT molecular complexity index is 396. The van der Waals surface area contributed by atoms with E-state index < -0.39 is 5.60 Å². The molecule has 0 bridgehead atoms. The molecule has 1 aliphatic rings. The van der Waals surface area contributed by atoms with Gasteiger partial charge in [0.05, 0.1) is 0 Å². The number of hydrogen-bond donors (Lipinski definition) is 2. The number of nitrogens with one attached hydrogen (secondary N) is 2. The first-order valence-corrected chi connectivity index (χ1v) is 8.00. The summed E-state index contributed by atoms with van der Waals surface area (Å²) in [6.45, 7) is 13.6. The van der Waals surface area contributed by atoms with E-state index in [-0.39, 0.29) is 23.6 Å². The molecule has 1 saturated heterocycles. The molecule has 1 fully saturated rings. The Morgan fingerprint density at radius 2 is 1.95 bits per heavy atom. The van der Waals surface area contributed by atoms with Gasteiger partial charge in [0.15, 0.2) is 0 Å². The van der Waals surface area contributed by atoms with Crippen molar-refractivity contribution in [1.29, 1.82) is 0 Å². The van der Waals surface area contributed by atoms with Gasteiger partial charge in [0.1, 0.15) is 5.60 Å². The van der Waals surface area contributed by atoms with Crippen LogP contribution in [0.3, 0.4) is 0 Å². The molecule has 2 amide bonds. The maximum Gasteiger partial charge on any atom is 0.410 e. The van der Waals surface area contributed by atoms with Crippen molar-refractivity contribution in [2.75, 3.05) is 19.6 Å². The van der Waals surface area contributed by atoms with Crippen LogP contribution in [-0.4, -0.2) is 53.7 Å². The largest absolute Gasteiger partial charge is 0.444 e. The molecule has 1 unspecified atom stereocenters. The molecule has 0 aromatic rings. The van der Waals surface area contributed by atoms with E-state index in [0.717, 1.165) is 13.0 Å². The Morgan fingerprint density at radius 1 is 1.32 bits per heavy atom. The van der Waals surface area contributed by atoms with Crippen molar-refractivity contribution in [3.05, 3.63) is 0 Å². The lowest BCUT2D eigenvalue weighted by molar-refractivity contribution is -0.119. The third kappa shape index (κ3) is 6.64. The van der Waals surface area contributed by atoms with Gasteiger partial charge in [0.2, 0.25) is 5.91 Å². The molecular weight excluding hydrogens is 282 g/mol. The number of nitrogens with zero attached hydrogens (tertiary/aromatic N) is 1. The summed E-state index contributed by atoms with van der Waals surface area (Å²) in [6.07, 6.45) is 1.19. The van der Waals surface area contributed by atoms with Gasteiger partial charge in [-0.25, -0.2) is 4.79 Å². The van der Waals surface area contributed by atoms with Crippen molar-refractivity contribution in [1.82, 2.24) is 15.5 Å². The maximum atomic E-state index is 12.3. The molecule has 1 aliphatic heterocycles. The van der Waals surface area contributed by atoms with E-state index in [0.29, 0.717) is 19.5 Å². The highest BCUT2D eigenvalue weighted by molar-refractivity contribution is 5.78. The minimum atomic E-state index is -0.498. The zero-order valence-electron chi connectivity index (χ0n) is 14.8. The number of carbonyl (C=O) groups is 2. The van der Waals surface area contributed by atoms with Gasteiger partial charge in [0, 0.05) is 37.6 Å². The quantitative estimate of drug-likeness (QED) is 0.761. The van der Waals surface area contributed by atoms with Gasteiger partial charge in [-0.15, -0.1) is 0 Å². The van der Waals surface area contributed by atoms with Crippen LogP contribution in [0.4, 0.5) is 4.79 Å². The zero-order valence-corrected chi connectivity index (χ0v) is 14.8. The molecule has 128 valence electrons. The molecule has 6 heteroatoms. The first-order chi connectivity index (χ1) is 9.99. The van der Waals surface area contributed by atoms with Crippen molar-refractivity contribution in [3.8, 4) is 0 Å². The summed E-state index contributed by atoms with van der Waals surface area (Å²) in [4.78, 5) is 25.2. The number of carbonyl (C=O) groups excluding carboxylic acids is 2. The Morgan fingerprint density at radius 3 is 2.41 bits per heavy atom. The summed E-state index contributed by atoms with van der Waals surface area (Å²) >= 11 is 0. The van der Waals surface area contributed by atoms with Gasteiger partial charge in [-0.1, -0.05) is 0 Å². The molecular formula is C16H31N3O3. The lowest BCUT2D eigenvalue weighted by Gasteiger charge is -2.37. The zero-order chi connectivity index (χ0) is 17.0. The highest BCUT2D eigenvalue weighted by atomic mass is 16.6. The van der Waals surface area contributed by atoms with E-state index >= 15 is 0 Å². The normalized spacial score (nSPS) is 19.0. The van der Waals surface area contributed by atoms with Gasteiger partial charge in [-0.05, 0) is 48.0 Å². The van der Waals surface area contributed by atoms with Crippen molar-refractivity contribution in [3.63, 3.8) is 0 Å².